The minimum atomic E-state index is -2.85. The highest BCUT2D eigenvalue weighted by Gasteiger charge is 2.28. The third kappa shape index (κ3) is 3.30. The molecular formula is C12H9F2NO2S2. The summed E-state index contributed by atoms with van der Waals surface area (Å²) >= 11 is 6.21. The summed E-state index contributed by atoms with van der Waals surface area (Å²) in [6.45, 7) is -2.85. The quantitative estimate of drug-likeness (QED) is 0.634. The van der Waals surface area contributed by atoms with Crippen molar-refractivity contribution in [2.24, 2.45) is 0 Å². The first-order chi connectivity index (χ1) is 8.97. The van der Waals surface area contributed by atoms with Gasteiger partial charge in [0.1, 0.15) is 10.1 Å². The summed E-state index contributed by atoms with van der Waals surface area (Å²) in [6, 6.07) is 6.04. The van der Waals surface area contributed by atoms with Crippen molar-refractivity contribution in [2.45, 2.75) is 6.61 Å². The number of alkyl halides is 2. The van der Waals surface area contributed by atoms with Gasteiger partial charge in [-0.2, -0.15) is 8.78 Å². The average Bonchev–Trinajstić information content (AvgIpc) is 2.59. The largest absolute Gasteiger partial charge is 0.435 e. The molecule has 100 valence electrons. The van der Waals surface area contributed by atoms with Crippen LogP contribution in [0.5, 0.6) is 5.75 Å². The maximum absolute atomic E-state index is 12.0. The first-order valence-electron chi connectivity index (χ1n) is 5.24. The monoisotopic (exact) mass is 301 g/mol. The van der Waals surface area contributed by atoms with E-state index < -0.39 is 6.61 Å². The number of carbonyl (C=O) groups excluding carboxylic acids is 1. The number of amides is 1. The molecule has 1 amide bonds. The molecule has 0 atom stereocenters. The van der Waals surface area contributed by atoms with Gasteiger partial charge in [-0.25, -0.2) is 0 Å². The standard InChI is InChI=1S/C12H9F2NO2S2/c1-15-10(16)9(19-12(15)18)6-7-2-4-8(5-3-7)17-11(13)14/h2-6,11H,1H3/b9-6-. The SMILES string of the molecule is CN1C(=O)/C(=C/c2ccc(OC(F)F)cc2)SC1=S. The lowest BCUT2D eigenvalue weighted by atomic mass is 10.2. The van der Waals surface area contributed by atoms with Gasteiger partial charge < -0.3 is 4.74 Å². The smallest absolute Gasteiger partial charge is 0.387 e. The molecule has 1 fully saturated rings. The number of thiocarbonyl (C=S) groups is 1. The number of rotatable bonds is 3. The van der Waals surface area contributed by atoms with E-state index in [0.29, 0.717) is 9.23 Å². The number of hydrogen-bond acceptors (Lipinski definition) is 4. The third-order valence-electron chi connectivity index (χ3n) is 2.39. The van der Waals surface area contributed by atoms with Gasteiger partial charge in [-0.05, 0) is 23.8 Å². The van der Waals surface area contributed by atoms with Gasteiger partial charge in [0.2, 0.25) is 0 Å². The van der Waals surface area contributed by atoms with E-state index in [1.54, 1.807) is 25.3 Å². The molecule has 1 aliphatic rings. The molecule has 0 saturated carbocycles. The zero-order valence-electron chi connectivity index (χ0n) is 9.80. The Kier molecular flexibility index (Phi) is 4.16. The van der Waals surface area contributed by atoms with Crippen LogP contribution in [0.25, 0.3) is 6.08 Å². The zero-order chi connectivity index (χ0) is 14.0. The van der Waals surface area contributed by atoms with Crippen molar-refractivity contribution in [3.05, 3.63) is 34.7 Å². The predicted molar refractivity (Wildman–Crippen MR) is 74.0 cm³/mol. The highest BCUT2D eigenvalue weighted by atomic mass is 32.2. The third-order valence-corrected chi connectivity index (χ3v) is 3.87. The van der Waals surface area contributed by atoms with E-state index in [-0.39, 0.29) is 11.7 Å². The van der Waals surface area contributed by atoms with Crippen LogP contribution in [0.1, 0.15) is 5.56 Å². The lowest BCUT2D eigenvalue weighted by Gasteiger charge is -2.04. The average molecular weight is 301 g/mol. The van der Waals surface area contributed by atoms with Gasteiger partial charge in [-0.1, -0.05) is 36.1 Å². The van der Waals surface area contributed by atoms with Crippen LogP contribution < -0.4 is 4.74 Å². The van der Waals surface area contributed by atoms with E-state index in [9.17, 15) is 13.6 Å². The van der Waals surface area contributed by atoms with Crippen molar-refractivity contribution < 1.29 is 18.3 Å². The number of thioether (sulfide) groups is 1. The first-order valence-corrected chi connectivity index (χ1v) is 6.46. The second-order valence-electron chi connectivity index (χ2n) is 3.69. The topological polar surface area (TPSA) is 29.5 Å². The number of hydrogen-bond donors (Lipinski definition) is 0. The minimum absolute atomic E-state index is 0.0789. The summed E-state index contributed by atoms with van der Waals surface area (Å²) in [5.74, 6) is -0.0851. The number of halogens is 2. The molecule has 19 heavy (non-hydrogen) atoms. The van der Waals surface area contributed by atoms with Gasteiger partial charge >= 0.3 is 6.61 Å². The second-order valence-corrected chi connectivity index (χ2v) is 5.36. The Morgan fingerprint density at radius 3 is 2.47 bits per heavy atom. The Labute approximate surface area is 118 Å². The van der Waals surface area contributed by atoms with E-state index in [4.69, 9.17) is 12.2 Å². The first kappa shape index (κ1) is 14.0. The molecule has 2 rings (SSSR count). The van der Waals surface area contributed by atoms with Crippen LogP contribution in [-0.2, 0) is 4.79 Å². The number of likely N-dealkylation sites (N-methyl/N-ethyl adjacent to an activating group) is 1. The maximum atomic E-state index is 12.0. The molecule has 3 nitrogen and oxygen atoms in total. The van der Waals surface area contributed by atoms with Crippen molar-refractivity contribution >= 4 is 40.3 Å². The van der Waals surface area contributed by atoms with Crippen molar-refractivity contribution in [1.82, 2.24) is 4.90 Å². The van der Waals surface area contributed by atoms with Crippen LogP contribution in [0.4, 0.5) is 8.78 Å². The number of nitrogens with zero attached hydrogens (tertiary/aromatic N) is 1. The fourth-order valence-corrected chi connectivity index (χ4v) is 2.62. The van der Waals surface area contributed by atoms with Crippen molar-refractivity contribution in [3.63, 3.8) is 0 Å². The molecule has 7 heteroatoms. The van der Waals surface area contributed by atoms with Crippen molar-refractivity contribution in [3.8, 4) is 5.75 Å². The Bertz CT molecular complexity index is 543. The normalized spacial score (nSPS) is 17.7. The number of ether oxygens (including phenoxy) is 1. The van der Waals surface area contributed by atoms with Crippen molar-refractivity contribution in [1.29, 1.82) is 0 Å². The summed E-state index contributed by atoms with van der Waals surface area (Å²) in [4.78, 5) is 13.7. The van der Waals surface area contributed by atoms with E-state index in [1.165, 1.54) is 28.8 Å². The highest BCUT2D eigenvalue weighted by Crippen LogP contribution is 2.31. The van der Waals surface area contributed by atoms with E-state index in [0.717, 1.165) is 5.56 Å². The molecule has 1 aliphatic heterocycles. The van der Waals surface area contributed by atoms with Gasteiger partial charge in [0.25, 0.3) is 5.91 Å². The molecule has 0 aliphatic carbocycles. The molecule has 1 aromatic carbocycles. The highest BCUT2D eigenvalue weighted by molar-refractivity contribution is 8.26. The van der Waals surface area contributed by atoms with Gasteiger partial charge in [0.05, 0.1) is 4.91 Å². The Hall–Kier alpha value is -1.47. The van der Waals surface area contributed by atoms with E-state index in [2.05, 4.69) is 4.74 Å². The molecule has 1 heterocycles. The minimum Gasteiger partial charge on any atom is -0.435 e. The fourth-order valence-electron chi connectivity index (χ4n) is 1.44. The Morgan fingerprint density at radius 2 is 2.00 bits per heavy atom. The van der Waals surface area contributed by atoms with Gasteiger partial charge in [-0.3, -0.25) is 9.69 Å². The van der Waals surface area contributed by atoms with Crippen LogP contribution in [0.3, 0.4) is 0 Å². The zero-order valence-corrected chi connectivity index (χ0v) is 11.4. The summed E-state index contributed by atoms with van der Waals surface area (Å²) in [5.41, 5.74) is 0.718. The van der Waals surface area contributed by atoms with Crippen LogP contribution in [0, 0.1) is 0 Å². The summed E-state index contributed by atoms with van der Waals surface area (Å²) < 4.78 is 28.7. The van der Waals surface area contributed by atoms with Crippen LogP contribution in [0.15, 0.2) is 29.2 Å². The lowest BCUT2D eigenvalue weighted by Crippen LogP contribution is -2.22. The molecule has 1 saturated heterocycles. The summed E-state index contributed by atoms with van der Waals surface area (Å²) in [7, 11) is 1.61. The van der Waals surface area contributed by atoms with Crippen molar-refractivity contribution in [2.75, 3.05) is 7.05 Å². The molecule has 0 unspecified atom stereocenters. The van der Waals surface area contributed by atoms with Gasteiger partial charge in [-0.15, -0.1) is 0 Å². The number of benzene rings is 1. The molecule has 0 radical (unpaired) electrons. The molecule has 1 aromatic rings. The predicted octanol–water partition coefficient (Wildman–Crippen LogP) is 3.12. The molecular weight excluding hydrogens is 292 g/mol. The fraction of sp³-hybridized carbons (Fsp3) is 0.167. The van der Waals surface area contributed by atoms with Crippen LogP contribution in [0.2, 0.25) is 0 Å². The van der Waals surface area contributed by atoms with E-state index in [1.807, 2.05) is 0 Å². The molecule has 0 aromatic heterocycles. The summed E-state index contributed by atoms with van der Waals surface area (Å²) in [5, 5.41) is 0. The molecule has 0 bridgehead atoms. The number of carbonyl (C=O) groups is 1. The van der Waals surface area contributed by atoms with Crippen LogP contribution >= 0.6 is 24.0 Å². The van der Waals surface area contributed by atoms with E-state index >= 15 is 0 Å². The molecule has 0 spiro atoms. The Balaban J connectivity index is 2.16. The van der Waals surface area contributed by atoms with Crippen LogP contribution in [-0.4, -0.2) is 28.8 Å². The lowest BCUT2D eigenvalue weighted by molar-refractivity contribution is -0.121. The Morgan fingerprint density at radius 1 is 1.37 bits per heavy atom. The van der Waals surface area contributed by atoms with Gasteiger partial charge in [0.15, 0.2) is 0 Å². The van der Waals surface area contributed by atoms with Gasteiger partial charge in [0, 0.05) is 7.05 Å². The maximum Gasteiger partial charge on any atom is 0.387 e. The summed E-state index contributed by atoms with van der Waals surface area (Å²) in [6.07, 6.45) is 1.66. The molecule has 0 N–H and O–H groups in total. The second kappa shape index (κ2) is 5.66.